The Bertz CT molecular complexity index is 839. The van der Waals surface area contributed by atoms with Crippen molar-refractivity contribution in [2.24, 2.45) is 0 Å². The Morgan fingerprint density at radius 1 is 0.864 bits per heavy atom. The number of hydrogen-bond donors (Lipinski definition) is 0. The Balaban J connectivity index is 2.26. The molecule has 0 aliphatic rings. The highest BCUT2D eigenvalue weighted by molar-refractivity contribution is 6.48. The van der Waals surface area contributed by atoms with Gasteiger partial charge in [-0.3, -0.25) is 9.59 Å². The van der Waals surface area contributed by atoms with Crippen LogP contribution in [0.5, 0.6) is 0 Å². The number of aldehydes is 1. The molecule has 3 aromatic rings. The van der Waals surface area contributed by atoms with Crippen LogP contribution in [0, 0.1) is 0 Å². The van der Waals surface area contributed by atoms with Gasteiger partial charge in [0, 0.05) is 18.4 Å². The lowest BCUT2D eigenvalue weighted by molar-refractivity contribution is -0.117. The third-order valence-corrected chi connectivity index (χ3v) is 3.74. The smallest absolute Gasteiger partial charge is 0.229 e. The highest BCUT2D eigenvalue weighted by Gasteiger charge is 2.20. The predicted octanol–water partition coefficient (Wildman–Crippen LogP) is 3.72. The highest BCUT2D eigenvalue weighted by Crippen LogP contribution is 2.29. The monoisotopic (exact) mass is 290 g/mol. The molecule has 0 aliphatic heterocycles. The van der Waals surface area contributed by atoms with Crippen LogP contribution in [0.3, 0.4) is 0 Å². The van der Waals surface area contributed by atoms with Crippen LogP contribution in [0.1, 0.15) is 23.2 Å². The minimum atomic E-state index is -0.520. The maximum atomic E-state index is 12.6. The number of ketones is 2. The first kappa shape index (κ1) is 14.1. The highest BCUT2D eigenvalue weighted by atomic mass is 16.2. The maximum absolute atomic E-state index is 12.6. The Labute approximate surface area is 127 Å². The first-order valence-electron chi connectivity index (χ1n) is 7.14. The van der Waals surface area contributed by atoms with Gasteiger partial charge in [0.1, 0.15) is 6.29 Å². The van der Waals surface area contributed by atoms with E-state index in [-0.39, 0.29) is 12.8 Å². The molecule has 0 unspecified atom stereocenters. The number of hydrogen-bond acceptors (Lipinski definition) is 3. The van der Waals surface area contributed by atoms with E-state index < -0.39 is 11.6 Å². The van der Waals surface area contributed by atoms with Crippen LogP contribution in [0.25, 0.3) is 21.5 Å². The van der Waals surface area contributed by atoms with E-state index in [9.17, 15) is 14.4 Å². The van der Waals surface area contributed by atoms with Gasteiger partial charge in [-0.05, 0) is 27.6 Å². The Morgan fingerprint density at radius 2 is 1.41 bits per heavy atom. The van der Waals surface area contributed by atoms with Crippen molar-refractivity contribution in [2.75, 3.05) is 0 Å². The van der Waals surface area contributed by atoms with E-state index >= 15 is 0 Å². The summed E-state index contributed by atoms with van der Waals surface area (Å²) in [5.41, 5.74) is 0.435. The van der Waals surface area contributed by atoms with Crippen molar-refractivity contribution >= 4 is 39.4 Å². The van der Waals surface area contributed by atoms with E-state index in [2.05, 4.69) is 0 Å². The van der Waals surface area contributed by atoms with Crippen LogP contribution in [-0.4, -0.2) is 17.9 Å². The van der Waals surface area contributed by atoms with Crippen LogP contribution < -0.4 is 0 Å². The van der Waals surface area contributed by atoms with Crippen LogP contribution in [0.15, 0.2) is 54.6 Å². The Hall–Kier alpha value is -2.81. The number of Topliss-reactive ketones (excluding diaryl/α,β-unsaturated/α-hetero) is 2. The molecule has 3 aromatic carbocycles. The summed E-state index contributed by atoms with van der Waals surface area (Å²) in [5.74, 6) is -1.04. The van der Waals surface area contributed by atoms with Gasteiger partial charge in [0.2, 0.25) is 11.6 Å². The van der Waals surface area contributed by atoms with Gasteiger partial charge in [0.15, 0.2) is 0 Å². The fourth-order valence-corrected chi connectivity index (χ4v) is 2.70. The number of fused-ring (bicyclic) bond motifs is 2. The van der Waals surface area contributed by atoms with Gasteiger partial charge in [0.05, 0.1) is 0 Å². The molecule has 0 aliphatic carbocycles. The largest absolute Gasteiger partial charge is 0.303 e. The number of carbonyl (C=O) groups is 3. The molecule has 0 bridgehead atoms. The summed E-state index contributed by atoms with van der Waals surface area (Å²) >= 11 is 0. The molecule has 0 saturated heterocycles. The molecule has 0 aromatic heterocycles. The third kappa shape index (κ3) is 2.42. The van der Waals surface area contributed by atoms with Gasteiger partial charge in [-0.25, -0.2) is 0 Å². The van der Waals surface area contributed by atoms with Crippen molar-refractivity contribution < 1.29 is 14.4 Å². The summed E-state index contributed by atoms with van der Waals surface area (Å²) in [7, 11) is 0. The van der Waals surface area contributed by atoms with E-state index in [0.29, 0.717) is 11.8 Å². The number of benzene rings is 3. The van der Waals surface area contributed by atoms with Gasteiger partial charge < -0.3 is 4.79 Å². The maximum Gasteiger partial charge on any atom is 0.229 e. The van der Waals surface area contributed by atoms with Crippen LogP contribution in [0.2, 0.25) is 0 Å². The summed E-state index contributed by atoms with van der Waals surface area (Å²) in [6, 6.07) is 17.1. The Morgan fingerprint density at radius 3 is 1.95 bits per heavy atom. The van der Waals surface area contributed by atoms with Crippen molar-refractivity contribution in [2.45, 2.75) is 12.8 Å². The summed E-state index contributed by atoms with van der Waals surface area (Å²) in [6.07, 6.45) is 0.694. The molecule has 3 nitrogen and oxygen atoms in total. The first-order valence-corrected chi connectivity index (χ1v) is 7.14. The standard InChI is InChI=1S/C19H14O3/c20-11-5-10-17(21)19(22)18-15-8-3-1-6-13(15)12-14-7-2-4-9-16(14)18/h1-4,6-9,11-12H,5,10H2. The lowest BCUT2D eigenvalue weighted by Crippen LogP contribution is -2.15. The van der Waals surface area contributed by atoms with Crippen molar-refractivity contribution in [3.8, 4) is 0 Å². The fraction of sp³-hybridized carbons (Fsp3) is 0.105. The average molecular weight is 290 g/mol. The number of carbonyl (C=O) groups excluding carboxylic acids is 3. The summed E-state index contributed by atoms with van der Waals surface area (Å²) < 4.78 is 0. The van der Waals surface area contributed by atoms with Crippen LogP contribution >= 0.6 is 0 Å². The van der Waals surface area contributed by atoms with E-state index in [1.807, 2.05) is 54.6 Å². The SMILES string of the molecule is O=CCCC(=O)C(=O)c1c2ccccc2cc2ccccc12. The summed E-state index contributed by atoms with van der Waals surface area (Å²) in [6.45, 7) is 0. The second-order valence-corrected chi connectivity index (χ2v) is 5.15. The predicted molar refractivity (Wildman–Crippen MR) is 86.1 cm³/mol. The zero-order valence-corrected chi connectivity index (χ0v) is 11.9. The zero-order valence-electron chi connectivity index (χ0n) is 11.9. The lowest BCUT2D eigenvalue weighted by atomic mass is 9.92. The van der Waals surface area contributed by atoms with Crippen molar-refractivity contribution in [3.05, 3.63) is 60.2 Å². The van der Waals surface area contributed by atoms with E-state index in [1.165, 1.54) is 0 Å². The second kappa shape index (κ2) is 5.90. The second-order valence-electron chi connectivity index (χ2n) is 5.15. The quantitative estimate of drug-likeness (QED) is 0.311. The molecule has 0 amide bonds. The minimum Gasteiger partial charge on any atom is -0.303 e. The minimum absolute atomic E-state index is 0.0418. The Kier molecular flexibility index (Phi) is 3.79. The first-order chi connectivity index (χ1) is 10.7. The average Bonchev–Trinajstić information content (AvgIpc) is 2.56. The topological polar surface area (TPSA) is 51.2 Å². The van der Waals surface area contributed by atoms with E-state index in [1.54, 1.807) is 0 Å². The van der Waals surface area contributed by atoms with Gasteiger partial charge in [-0.2, -0.15) is 0 Å². The molecular weight excluding hydrogens is 276 g/mol. The fourth-order valence-electron chi connectivity index (χ4n) is 2.70. The molecule has 0 fully saturated rings. The summed E-state index contributed by atoms with van der Waals surface area (Å²) in [5, 5.41) is 3.39. The zero-order chi connectivity index (χ0) is 15.5. The molecule has 0 N–H and O–H groups in total. The number of rotatable bonds is 5. The normalized spacial score (nSPS) is 10.7. The van der Waals surface area contributed by atoms with Gasteiger partial charge in [0.25, 0.3) is 0 Å². The van der Waals surface area contributed by atoms with Crippen molar-refractivity contribution in [3.63, 3.8) is 0 Å². The molecular formula is C19H14O3. The molecule has 108 valence electrons. The lowest BCUT2D eigenvalue weighted by Gasteiger charge is -2.10. The molecule has 0 spiro atoms. The van der Waals surface area contributed by atoms with Gasteiger partial charge in [-0.15, -0.1) is 0 Å². The molecule has 0 saturated carbocycles. The molecule has 0 atom stereocenters. The molecule has 3 heteroatoms. The van der Waals surface area contributed by atoms with Gasteiger partial charge >= 0.3 is 0 Å². The molecule has 3 rings (SSSR count). The van der Waals surface area contributed by atoms with Crippen LogP contribution in [-0.2, 0) is 9.59 Å². The van der Waals surface area contributed by atoms with Crippen LogP contribution in [0.4, 0.5) is 0 Å². The third-order valence-electron chi connectivity index (χ3n) is 3.74. The molecule has 22 heavy (non-hydrogen) atoms. The van der Waals surface area contributed by atoms with Gasteiger partial charge in [-0.1, -0.05) is 48.5 Å². The molecule has 0 heterocycles. The van der Waals surface area contributed by atoms with Crippen molar-refractivity contribution in [1.82, 2.24) is 0 Å². The van der Waals surface area contributed by atoms with Crippen molar-refractivity contribution in [1.29, 1.82) is 0 Å². The molecule has 0 radical (unpaired) electrons. The summed E-state index contributed by atoms with van der Waals surface area (Å²) in [4.78, 5) is 35.1. The van der Waals surface area contributed by atoms with E-state index in [0.717, 1.165) is 21.5 Å². The van der Waals surface area contributed by atoms with E-state index in [4.69, 9.17) is 0 Å².